The van der Waals surface area contributed by atoms with Crippen LogP contribution in [0.25, 0.3) is 0 Å². The molecule has 1 heterocycles. The second-order valence-corrected chi connectivity index (χ2v) is 14.7. The molecule has 0 saturated carbocycles. The molecule has 5 unspecified atom stereocenters. The summed E-state index contributed by atoms with van der Waals surface area (Å²) in [6.45, 7) is 0.128. The fraction of sp³-hybridized carbons (Fsp3) is 0.375. The number of nitrogens with two attached hydrogens (primary N) is 1. The highest BCUT2D eigenvalue weighted by Gasteiger charge is 2.46. The molecule has 0 aromatic heterocycles. The van der Waals surface area contributed by atoms with E-state index < -0.39 is 28.4 Å². The summed E-state index contributed by atoms with van der Waals surface area (Å²) in [5.74, 6) is -0.830. The largest absolute Gasteiger partial charge is 0.396 e. The Kier molecular flexibility index (Phi) is 13.6. The molecule has 5 atom stereocenters. The van der Waals surface area contributed by atoms with Crippen LogP contribution in [0.1, 0.15) is 27.2 Å². The van der Waals surface area contributed by atoms with Gasteiger partial charge in [0, 0.05) is 35.1 Å². The number of benzene rings is 3. The summed E-state index contributed by atoms with van der Waals surface area (Å²) < 4.78 is 0. The van der Waals surface area contributed by atoms with Crippen molar-refractivity contribution in [1.29, 1.82) is 0 Å². The molecule has 4 N–H and O–H groups in total. The third-order valence-corrected chi connectivity index (χ3v) is 11.8. The summed E-state index contributed by atoms with van der Waals surface area (Å²) in [5.41, 5.74) is 8.98. The number of amides is 1. The van der Waals surface area contributed by atoms with Crippen LogP contribution in [0.4, 0.5) is 0 Å². The van der Waals surface area contributed by atoms with Gasteiger partial charge in [-0.2, -0.15) is 23.5 Å². The van der Waals surface area contributed by atoms with Crippen molar-refractivity contribution in [2.45, 2.75) is 23.0 Å². The predicted molar refractivity (Wildman–Crippen MR) is 184 cm³/mol. The maximum atomic E-state index is 14.6. The Morgan fingerprint density at radius 1 is 0.795 bits per heavy atom. The Morgan fingerprint density at radius 3 is 1.70 bits per heavy atom. The second-order valence-electron chi connectivity index (χ2n) is 10.5. The predicted octanol–water partition coefficient (Wildman–Crippen LogP) is 6.75. The Labute approximate surface area is 286 Å². The third-order valence-electron chi connectivity index (χ3n) is 7.55. The molecule has 0 spiro atoms. The SMILES string of the molecule is NC(Cc1ccccc1)C(=O)N1CC(C(SCCO)c2ccc(Cl)c(Cl)c2)C(=O)C(C(SCCO)c2ccc(Cl)c(Cl)c2)C1. The first-order valence-corrected chi connectivity index (χ1v) is 17.7. The number of thioether (sulfide) groups is 2. The van der Waals surface area contributed by atoms with E-state index in [1.165, 1.54) is 23.5 Å². The number of halogens is 4. The highest BCUT2D eigenvalue weighted by Crippen LogP contribution is 2.47. The molecule has 1 aliphatic heterocycles. The Bertz CT molecular complexity index is 1360. The van der Waals surface area contributed by atoms with Gasteiger partial charge < -0.3 is 20.8 Å². The summed E-state index contributed by atoms with van der Waals surface area (Å²) in [4.78, 5) is 30.2. The van der Waals surface area contributed by atoms with Gasteiger partial charge in [0.2, 0.25) is 5.91 Å². The molecule has 1 aliphatic rings. The normalized spacial score (nSPS) is 19.1. The maximum absolute atomic E-state index is 14.6. The van der Waals surface area contributed by atoms with Crippen LogP contribution < -0.4 is 5.73 Å². The van der Waals surface area contributed by atoms with Crippen molar-refractivity contribution >= 4 is 81.6 Å². The molecule has 0 aliphatic carbocycles. The summed E-state index contributed by atoms with van der Waals surface area (Å²) in [7, 11) is 0. The fourth-order valence-corrected chi connectivity index (χ4v) is 8.41. The van der Waals surface area contributed by atoms with Crippen molar-refractivity contribution in [2.24, 2.45) is 17.6 Å². The van der Waals surface area contributed by atoms with Gasteiger partial charge in [0.15, 0.2) is 0 Å². The number of hydrogen-bond donors (Lipinski definition) is 3. The van der Waals surface area contributed by atoms with Crippen LogP contribution in [-0.4, -0.2) is 70.7 Å². The molecule has 1 saturated heterocycles. The average Bonchev–Trinajstić information content (AvgIpc) is 3.02. The highest BCUT2D eigenvalue weighted by molar-refractivity contribution is 7.99. The minimum atomic E-state index is -0.811. The van der Waals surface area contributed by atoms with E-state index in [9.17, 15) is 19.8 Å². The lowest BCUT2D eigenvalue weighted by atomic mass is 9.80. The number of Topliss-reactive ketones (excluding diaryl/α,β-unsaturated/α-hetero) is 1. The summed E-state index contributed by atoms with van der Waals surface area (Å²) in [6.07, 6.45) is 0.352. The van der Waals surface area contributed by atoms with Gasteiger partial charge in [-0.3, -0.25) is 9.59 Å². The zero-order valence-corrected chi connectivity index (χ0v) is 28.4. The summed E-state index contributed by atoms with van der Waals surface area (Å²) in [6, 6.07) is 19.2. The van der Waals surface area contributed by atoms with Gasteiger partial charge in [-0.1, -0.05) is 88.9 Å². The number of rotatable bonds is 13. The molecule has 0 radical (unpaired) electrons. The van der Waals surface area contributed by atoms with Crippen molar-refractivity contribution < 1.29 is 19.8 Å². The monoisotopic (exact) mass is 714 g/mol. The average molecular weight is 717 g/mol. The van der Waals surface area contributed by atoms with Gasteiger partial charge >= 0.3 is 0 Å². The third kappa shape index (κ3) is 8.87. The van der Waals surface area contributed by atoms with Gasteiger partial charge in [0.1, 0.15) is 5.78 Å². The molecular formula is C32H34Cl4N2O4S2. The van der Waals surface area contributed by atoms with Crippen LogP contribution in [0.3, 0.4) is 0 Å². The van der Waals surface area contributed by atoms with Crippen molar-refractivity contribution in [3.8, 4) is 0 Å². The summed E-state index contributed by atoms with van der Waals surface area (Å²) in [5, 5.41) is 20.1. The number of ketones is 1. The van der Waals surface area contributed by atoms with Crippen LogP contribution in [-0.2, 0) is 16.0 Å². The van der Waals surface area contributed by atoms with Crippen LogP contribution in [0, 0.1) is 11.8 Å². The summed E-state index contributed by atoms with van der Waals surface area (Å²) >= 11 is 28.1. The smallest absolute Gasteiger partial charge is 0.239 e. The first-order chi connectivity index (χ1) is 21.1. The van der Waals surface area contributed by atoms with Crippen LogP contribution in [0.15, 0.2) is 66.7 Å². The van der Waals surface area contributed by atoms with E-state index in [1.807, 2.05) is 42.5 Å². The van der Waals surface area contributed by atoms with E-state index in [4.69, 9.17) is 52.1 Å². The van der Waals surface area contributed by atoms with Crippen molar-refractivity contribution in [2.75, 3.05) is 37.8 Å². The number of hydrogen-bond acceptors (Lipinski definition) is 7. The molecule has 236 valence electrons. The first kappa shape index (κ1) is 35.4. The number of aliphatic hydroxyl groups is 2. The number of carbonyl (C=O) groups is 2. The fourth-order valence-electron chi connectivity index (χ4n) is 5.49. The lowest BCUT2D eigenvalue weighted by Gasteiger charge is -2.43. The van der Waals surface area contributed by atoms with Gasteiger partial charge in [0.05, 0.1) is 51.2 Å². The van der Waals surface area contributed by atoms with Crippen LogP contribution >= 0.6 is 69.9 Å². The second kappa shape index (κ2) is 16.9. The molecule has 1 amide bonds. The molecule has 3 aromatic rings. The van der Waals surface area contributed by atoms with Crippen molar-refractivity contribution in [3.05, 3.63) is 104 Å². The minimum absolute atomic E-state index is 0.0336. The van der Waals surface area contributed by atoms with E-state index in [-0.39, 0.29) is 38.0 Å². The zero-order valence-electron chi connectivity index (χ0n) is 23.8. The Morgan fingerprint density at radius 2 is 1.27 bits per heavy atom. The molecule has 12 heteroatoms. The molecule has 44 heavy (non-hydrogen) atoms. The van der Waals surface area contributed by atoms with Crippen molar-refractivity contribution in [1.82, 2.24) is 4.90 Å². The van der Waals surface area contributed by atoms with Gasteiger partial charge in [-0.15, -0.1) is 0 Å². The number of likely N-dealkylation sites (tertiary alicyclic amines) is 1. The van der Waals surface area contributed by atoms with Crippen LogP contribution in [0.5, 0.6) is 0 Å². The van der Waals surface area contributed by atoms with E-state index >= 15 is 0 Å². The molecule has 4 rings (SSSR count). The molecule has 6 nitrogen and oxygen atoms in total. The standard InChI is InChI=1S/C32H34Cl4N2O4S2/c33-24-8-6-20(15-26(24)35)30(43-12-10-39)22-17-38(32(42)28(37)14-19-4-2-1-3-5-19)18-23(29(22)41)31(44-13-11-40)21-7-9-25(34)27(36)16-21/h1-9,15-16,22-23,28,30-31,39-40H,10-14,17-18,37H2. The van der Waals surface area contributed by atoms with Gasteiger partial charge in [-0.25, -0.2) is 0 Å². The molecule has 3 aromatic carbocycles. The molecular weight excluding hydrogens is 682 g/mol. The first-order valence-electron chi connectivity index (χ1n) is 14.1. The van der Waals surface area contributed by atoms with E-state index in [0.29, 0.717) is 38.0 Å². The number of carbonyl (C=O) groups excluding carboxylic acids is 2. The van der Waals surface area contributed by atoms with E-state index in [1.54, 1.807) is 29.2 Å². The zero-order chi connectivity index (χ0) is 31.8. The lowest BCUT2D eigenvalue weighted by Crippen LogP contribution is -2.55. The maximum Gasteiger partial charge on any atom is 0.239 e. The van der Waals surface area contributed by atoms with Gasteiger partial charge in [-0.05, 0) is 47.4 Å². The number of aliphatic hydroxyl groups excluding tert-OH is 2. The van der Waals surface area contributed by atoms with Crippen LogP contribution in [0.2, 0.25) is 20.1 Å². The van der Waals surface area contributed by atoms with Crippen molar-refractivity contribution in [3.63, 3.8) is 0 Å². The quantitative estimate of drug-likeness (QED) is 0.180. The molecule has 1 fully saturated rings. The number of nitrogens with zero attached hydrogens (tertiary/aromatic N) is 1. The Hall–Kier alpha value is -1.46. The van der Waals surface area contributed by atoms with E-state index in [2.05, 4.69) is 0 Å². The Balaban J connectivity index is 1.76. The number of piperidine rings is 1. The molecule has 0 bridgehead atoms. The highest BCUT2D eigenvalue weighted by atomic mass is 35.5. The van der Waals surface area contributed by atoms with Gasteiger partial charge in [0.25, 0.3) is 0 Å². The lowest BCUT2D eigenvalue weighted by molar-refractivity contribution is -0.141. The minimum Gasteiger partial charge on any atom is -0.396 e. The topological polar surface area (TPSA) is 104 Å². The van der Waals surface area contributed by atoms with E-state index in [0.717, 1.165) is 16.7 Å².